The number of amides is 1. The molecular weight excluding hydrogens is 359 g/mol. The number of hydrogen-bond acceptors (Lipinski definition) is 3. The normalized spacial score (nSPS) is 21.9. The van der Waals surface area contributed by atoms with Gasteiger partial charge >= 0.3 is 0 Å². The molecule has 1 saturated carbocycles. The molecule has 0 spiro atoms. The lowest BCUT2D eigenvalue weighted by Crippen LogP contribution is -2.40. The van der Waals surface area contributed by atoms with Crippen LogP contribution in [0, 0.1) is 5.82 Å². The molecule has 4 rings (SSSR count). The van der Waals surface area contributed by atoms with Crippen molar-refractivity contribution in [2.75, 3.05) is 0 Å². The van der Waals surface area contributed by atoms with Gasteiger partial charge in [-0.15, -0.1) is 0 Å². The number of aryl methyl sites for hydroxylation is 1. The van der Waals surface area contributed by atoms with Crippen LogP contribution >= 0.6 is 0 Å². The van der Waals surface area contributed by atoms with Gasteiger partial charge in [0.15, 0.2) is 0 Å². The monoisotopic (exact) mass is 382 g/mol. The van der Waals surface area contributed by atoms with E-state index in [1.54, 1.807) is 12.1 Å². The molecule has 1 heterocycles. The molecule has 1 aliphatic rings. The topological polar surface area (TPSA) is 85.4 Å². The number of fused-ring (bicyclic) bond motifs is 1. The fourth-order valence-corrected chi connectivity index (χ4v) is 3.98. The first-order valence-corrected chi connectivity index (χ1v) is 9.52. The number of rotatable bonds is 5. The SMILES string of the molecule is O=C(CCc1c(-c2ccc(F)cc2)[nH]c2ccccc12)N[C@@H]1C[C@H](O)C[C@H]1O. The molecule has 146 valence electrons. The third-order valence-electron chi connectivity index (χ3n) is 5.40. The van der Waals surface area contributed by atoms with Crippen LogP contribution in [0.5, 0.6) is 0 Å². The summed E-state index contributed by atoms with van der Waals surface area (Å²) < 4.78 is 13.3. The number of hydrogen-bond donors (Lipinski definition) is 4. The number of carbonyl (C=O) groups is 1. The van der Waals surface area contributed by atoms with E-state index in [0.29, 0.717) is 19.3 Å². The Kier molecular flexibility index (Phi) is 5.15. The molecule has 0 unspecified atom stereocenters. The lowest BCUT2D eigenvalue weighted by Gasteiger charge is -2.16. The summed E-state index contributed by atoms with van der Waals surface area (Å²) >= 11 is 0. The highest BCUT2D eigenvalue weighted by atomic mass is 19.1. The molecule has 0 radical (unpaired) electrons. The number of H-pyrrole nitrogens is 1. The zero-order valence-corrected chi connectivity index (χ0v) is 15.4. The Morgan fingerprint density at radius 1 is 1.11 bits per heavy atom. The number of benzene rings is 2. The number of halogens is 1. The van der Waals surface area contributed by atoms with Crippen molar-refractivity contribution >= 4 is 16.8 Å². The van der Waals surface area contributed by atoms with Gasteiger partial charge in [0.25, 0.3) is 0 Å². The van der Waals surface area contributed by atoms with Gasteiger partial charge in [0, 0.05) is 29.4 Å². The van der Waals surface area contributed by atoms with Crippen LogP contribution in [0.3, 0.4) is 0 Å². The predicted octanol–water partition coefficient (Wildman–Crippen LogP) is 2.91. The van der Waals surface area contributed by atoms with Crippen LogP contribution < -0.4 is 5.32 Å². The summed E-state index contributed by atoms with van der Waals surface area (Å²) in [6.45, 7) is 0. The van der Waals surface area contributed by atoms with E-state index in [9.17, 15) is 19.4 Å². The van der Waals surface area contributed by atoms with Crippen molar-refractivity contribution in [2.45, 2.75) is 43.9 Å². The zero-order valence-electron chi connectivity index (χ0n) is 15.4. The first kappa shape index (κ1) is 18.7. The van der Waals surface area contributed by atoms with Crippen molar-refractivity contribution in [3.63, 3.8) is 0 Å². The minimum absolute atomic E-state index is 0.159. The molecule has 0 saturated heterocycles. The van der Waals surface area contributed by atoms with E-state index in [0.717, 1.165) is 27.7 Å². The Hall–Kier alpha value is -2.70. The van der Waals surface area contributed by atoms with Crippen molar-refractivity contribution < 1.29 is 19.4 Å². The van der Waals surface area contributed by atoms with Gasteiger partial charge in [0.1, 0.15) is 5.82 Å². The standard InChI is InChI=1S/C22H23FN2O3/c23-14-7-5-13(6-8-14)22-17(16-3-1-2-4-18(16)25-22)9-10-21(28)24-19-11-15(26)12-20(19)27/h1-8,15,19-20,25-27H,9-12H2,(H,24,28)/t15-,19+,20+/m0/s1. The predicted molar refractivity (Wildman–Crippen MR) is 105 cm³/mol. The van der Waals surface area contributed by atoms with E-state index >= 15 is 0 Å². The zero-order chi connectivity index (χ0) is 19.7. The van der Waals surface area contributed by atoms with E-state index in [-0.39, 0.29) is 18.1 Å². The molecule has 6 heteroatoms. The lowest BCUT2D eigenvalue weighted by atomic mass is 10.0. The van der Waals surface area contributed by atoms with Crippen LogP contribution in [-0.4, -0.2) is 39.4 Å². The van der Waals surface area contributed by atoms with E-state index < -0.39 is 18.2 Å². The van der Waals surface area contributed by atoms with Gasteiger partial charge in [-0.3, -0.25) is 4.79 Å². The van der Waals surface area contributed by atoms with Crippen molar-refractivity contribution in [1.29, 1.82) is 0 Å². The van der Waals surface area contributed by atoms with Crippen LogP contribution in [0.25, 0.3) is 22.2 Å². The fraction of sp³-hybridized carbons (Fsp3) is 0.318. The van der Waals surface area contributed by atoms with Crippen molar-refractivity contribution in [2.24, 2.45) is 0 Å². The highest BCUT2D eigenvalue weighted by Crippen LogP contribution is 2.31. The van der Waals surface area contributed by atoms with E-state index in [1.807, 2.05) is 24.3 Å². The molecule has 1 aliphatic carbocycles. The summed E-state index contributed by atoms with van der Waals surface area (Å²) in [5.41, 5.74) is 3.71. The highest BCUT2D eigenvalue weighted by Gasteiger charge is 2.32. The van der Waals surface area contributed by atoms with Gasteiger partial charge < -0.3 is 20.5 Å². The van der Waals surface area contributed by atoms with Gasteiger partial charge in [-0.1, -0.05) is 18.2 Å². The second-order valence-electron chi connectivity index (χ2n) is 7.40. The number of aliphatic hydroxyl groups excluding tert-OH is 2. The van der Waals surface area contributed by atoms with Crippen molar-refractivity contribution in [3.05, 3.63) is 59.9 Å². The summed E-state index contributed by atoms with van der Waals surface area (Å²) in [7, 11) is 0. The lowest BCUT2D eigenvalue weighted by molar-refractivity contribution is -0.122. The molecular formula is C22H23FN2O3. The maximum atomic E-state index is 13.3. The summed E-state index contributed by atoms with van der Waals surface area (Å²) in [6.07, 6.45) is 0.160. The Morgan fingerprint density at radius 2 is 1.86 bits per heavy atom. The molecule has 5 nitrogen and oxygen atoms in total. The maximum Gasteiger partial charge on any atom is 0.220 e. The minimum atomic E-state index is -0.707. The largest absolute Gasteiger partial charge is 0.393 e. The smallest absolute Gasteiger partial charge is 0.220 e. The average Bonchev–Trinajstić information content (AvgIpc) is 3.20. The Labute approximate surface area is 162 Å². The first-order valence-electron chi connectivity index (χ1n) is 9.52. The van der Waals surface area contributed by atoms with Gasteiger partial charge in [0.2, 0.25) is 5.91 Å². The molecule has 1 amide bonds. The Morgan fingerprint density at radius 3 is 2.57 bits per heavy atom. The van der Waals surface area contributed by atoms with Crippen LogP contribution in [0.1, 0.15) is 24.8 Å². The minimum Gasteiger partial charge on any atom is -0.393 e. The molecule has 4 N–H and O–H groups in total. The fourth-order valence-electron chi connectivity index (χ4n) is 3.98. The Bertz CT molecular complexity index is 983. The average molecular weight is 382 g/mol. The summed E-state index contributed by atoms with van der Waals surface area (Å²) in [5, 5.41) is 23.4. The van der Waals surface area contributed by atoms with E-state index in [4.69, 9.17) is 0 Å². The maximum absolute atomic E-state index is 13.3. The van der Waals surface area contributed by atoms with Gasteiger partial charge in [-0.2, -0.15) is 0 Å². The second-order valence-corrected chi connectivity index (χ2v) is 7.40. The molecule has 0 aliphatic heterocycles. The molecule has 1 fully saturated rings. The van der Waals surface area contributed by atoms with E-state index in [1.165, 1.54) is 12.1 Å². The number of aromatic nitrogens is 1. The number of para-hydroxylation sites is 1. The van der Waals surface area contributed by atoms with Crippen LogP contribution in [0.2, 0.25) is 0 Å². The highest BCUT2D eigenvalue weighted by molar-refractivity contribution is 5.91. The van der Waals surface area contributed by atoms with Crippen molar-refractivity contribution in [1.82, 2.24) is 10.3 Å². The number of carbonyl (C=O) groups excluding carboxylic acids is 1. The molecule has 3 aromatic rings. The quantitative estimate of drug-likeness (QED) is 0.547. The van der Waals surface area contributed by atoms with E-state index in [2.05, 4.69) is 10.3 Å². The molecule has 1 aromatic heterocycles. The summed E-state index contributed by atoms with van der Waals surface area (Å²) in [4.78, 5) is 15.8. The number of nitrogens with one attached hydrogen (secondary N) is 2. The van der Waals surface area contributed by atoms with Gasteiger partial charge in [-0.25, -0.2) is 4.39 Å². The third kappa shape index (κ3) is 3.79. The number of aliphatic hydroxyl groups is 2. The molecule has 3 atom stereocenters. The molecule has 0 bridgehead atoms. The second kappa shape index (κ2) is 7.73. The molecule has 28 heavy (non-hydrogen) atoms. The van der Waals surface area contributed by atoms with Crippen LogP contribution in [0.4, 0.5) is 4.39 Å². The summed E-state index contributed by atoms with van der Waals surface area (Å²) in [5.74, 6) is -0.452. The van der Waals surface area contributed by atoms with Crippen LogP contribution in [-0.2, 0) is 11.2 Å². The third-order valence-corrected chi connectivity index (χ3v) is 5.40. The Balaban J connectivity index is 1.55. The first-order chi connectivity index (χ1) is 13.5. The van der Waals surface area contributed by atoms with Crippen LogP contribution in [0.15, 0.2) is 48.5 Å². The van der Waals surface area contributed by atoms with Gasteiger partial charge in [-0.05, 0) is 54.3 Å². The number of aromatic amines is 1. The molecule has 2 aromatic carbocycles. The van der Waals surface area contributed by atoms with Crippen molar-refractivity contribution in [3.8, 4) is 11.3 Å². The van der Waals surface area contributed by atoms with Gasteiger partial charge in [0.05, 0.1) is 18.2 Å². The summed E-state index contributed by atoms with van der Waals surface area (Å²) in [6, 6.07) is 13.8.